The summed E-state index contributed by atoms with van der Waals surface area (Å²) in [5.74, 6) is -2.87. The van der Waals surface area contributed by atoms with Gasteiger partial charge in [0.2, 0.25) is 0 Å². The fourth-order valence-electron chi connectivity index (χ4n) is 0.747. The van der Waals surface area contributed by atoms with E-state index in [-0.39, 0.29) is 37.7 Å². The van der Waals surface area contributed by atoms with Crippen LogP contribution >= 0.6 is 0 Å². The maximum absolute atomic E-state index is 10.2. The predicted molar refractivity (Wildman–Crippen MR) is 80.8 cm³/mol. The van der Waals surface area contributed by atoms with Crippen LogP contribution in [0.4, 0.5) is 0 Å². The summed E-state index contributed by atoms with van der Waals surface area (Å²) in [6.45, 7) is 2.27. The zero-order valence-corrected chi connectivity index (χ0v) is 15.4. The van der Waals surface area contributed by atoms with Crippen LogP contribution < -0.4 is 15.7 Å². The standard InChI is InChI=1S/C7H7BO3.2C3H6O3.Ca/c9-5-6-1-3-7(4-2-6)8(10)11;2*1-2(4)3(5)6;/h1-5,10-11H;2*2,4H,1H3,(H,5,6);/q;;;+2/p-2. The van der Waals surface area contributed by atoms with Gasteiger partial charge in [-0.05, 0) is 19.3 Å². The number of aliphatic hydroxyl groups excluding tert-OH is 2. The average Bonchev–Trinajstić information content (AvgIpc) is 2.48. The molecule has 0 aliphatic heterocycles. The molecule has 0 radical (unpaired) electrons. The van der Waals surface area contributed by atoms with Crippen LogP contribution in [0.25, 0.3) is 0 Å². The van der Waals surface area contributed by atoms with Gasteiger partial charge in [-0.15, -0.1) is 0 Å². The molecule has 0 fully saturated rings. The van der Waals surface area contributed by atoms with Gasteiger partial charge in [-0.2, -0.15) is 0 Å². The molecule has 0 heterocycles. The third-order valence-corrected chi connectivity index (χ3v) is 2.05. The smallest absolute Gasteiger partial charge is 0.547 e. The molecule has 128 valence electrons. The number of hydrogen-bond acceptors (Lipinski definition) is 9. The predicted octanol–water partition coefficient (Wildman–Crippen LogP) is -4.97. The molecule has 4 N–H and O–H groups in total. The first-order valence-electron chi connectivity index (χ1n) is 6.22. The van der Waals surface area contributed by atoms with E-state index in [0.29, 0.717) is 17.3 Å². The van der Waals surface area contributed by atoms with Crippen molar-refractivity contribution in [2.24, 2.45) is 0 Å². The molecule has 1 rings (SSSR count). The maximum atomic E-state index is 10.2. The van der Waals surface area contributed by atoms with Gasteiger partial charge < -0.3 is 40.1 Å². The number of carbonyl (C=O) groups is 3. The third-order valence-electron chi connectivity index (χ3n) is 2.05. The van der Waals surface area contributed by atoms with E-state index in [2.05, 4.69) is 0 Å². The maximum Gasteiger partial charge on any atom is 2.00 e. The van der Waals surface area contributed by atoms with Crippen molar-refractivity contribution >= 4 is 68.5 Å². The number of aldehydes is 1. The molecule has 11 heteroatoms. The number of aliphatic hydroxyl groups is 2. The van der Waals surface area contributed by atoms with Gasteiger partial charge in [0.05, 0.1) is 24.1 Å². The molecule has 0 aliphatic carbocycles. The Balaban J connectivity index is -0.000000294. The number of rotatable bonds is 4. The second-order valence-corrected chi connectivity index (χ2v) is 4.15. The molecule has 2 atom stereocenters. The molecule has 9 nitrogen and oxygen atoms in total. The summed E-state index contributed by atoms with van der Waals surface area (Å²) in [5.41, 5.74) is 0.907. The zero-order valence-electron chi connectivity index (χ0n) is 13.2. The fourth-order valence-corrected chi connectivity index (χ4v) is 0.747. The minimum absolute atomic E-state index is 0. The van der Waals surface area contributed by atoms with E-state index in [1.165, 1.54) is 24.3 Å². The van der Waals surface area contributed by atoms with Crippen molar-refractivity contribution in [1.29, 1.82) is 0 Å². The molecule has 0 aliphatic rings. The Labute approximate surface area is 168 Å². The molecule has 0 amide bonds. The second-order valence-electron chi connectivity index (χ2n) is 4.15. The molecule has 0 spiro atoms. The molecule has 0 saturated heterocycles. The summed E-state index contributed by atoms with van der Waals surface area (Å²) in [6, 6.07) is 6.05. The molecule has 1 aromatic rings. The molecule has 0 bridgehead atoms. The summed E-state index contributed by atoms with van der Waals surface area (Å²) < 4.78 is 0. The summed E-state index contributed by atoms with van der Waals surface area (Å²) in [4.78, 5) is 28.8. The quantitative estimate of drug-likeness (QED) is 0.299. The second kappa shape index (κ2) is 15.5. The van der Waals surface area contributed by atoms with E-state index < -0.39 is 31.3 Å². The summed E-state index contributed by atoms with van der Waals surface area (Å²) in [7, 11) is -1.46. The van der Waals surface area contributed by atoms with Gasteiger partial charge in [-0.25, -0.2) is 0 Å². The largest absolute Gasteiger partial charge is 2.00 e. The Bertz CT molecular complexity index is 471. The van der Waals surface area contributed by atoms with Gasteiger partial charge in [0.25, 0.3) is 0 Å². The number of carboxylic acid groups (broad SMARTS) is 2. The minimum Gasteiger partial charge on any atom is -0.547 e. The number of aliphatic carboxylic acids is 2. The van der Waals surface area contributed by atoms with Crippen LogP contribution in [-0.4, -0.2) is 95.6 Å². The Hall–Kier alpha value is -1.01. The van der Waals surface area contributed by atoms with Gasteiger partial charge in [-0.3, -0.25) is 4.79 Å². The number of benzene rings is 1. The normalized spacial score (nSPS) is 11.1. The Kier molecular flexibility index (Phi) is 18.0. The fraction of sp³-hybridized carbons (Fsp3) is 0.308. The van der Waals surface area contributed by atoms with E-state index in [4.69, 9.17) is 20.3 Å². The molecular weight excluding hydrogens is 351 g/mol. The average molecular weight is 368 g/mol. The van der Waals surface area contributed by atoms with Crippen LogP contribution in [0.1, 0.15) is 24.2 Å². The van der Waals surface area contributed by atoms with Gasteiger partial charge in [-0.1, -0.05) is 24.3 Å². The third kappa shape index (κ3) is 15.9. The van der Waals surface area contributed by atoms with Crippen molar-refractivity contribution in [1.82, 2.24) is 0 Å². The molecule has 0 aromatic heterocycles. The van der Waals surface area contributed by atoms with Crippen LogP contribution in [0, 0.1) is 0 Å². The summed E-state index contributed by atoms with van der Waals surface area (Å²) in [6.07, 6.45) is -1.98. The van der Waals surface area contributed by atoms with Crippen molar-refractivity contribution in [2.45, 2.75) is 26.1 Å². The first-order chi connectivity index (χ1) is 10.5. The van der Waals surface area contributed by atoms with Crippen molar-refractivity contribution < 1.29 is 44.9 Å². The summed E-state index contributed by atoms with van der Waals surface area (Å²) in [5, 5.41) is 51.9. The molecule has 2 unspecified atom stereocenters. The van der Waals surface area contributed by atoms with Crippen molar-refractivity contribution in [3.8, 4) is 0 Å². The molecule has 0 saturated carbocycles. The van der Waals surface area contributed by atoms with E-state index >= 15 is 0 Å². The van der Waals surface area contributed by atoms with Crippen molar-refractivity contribution in [3.63, 3.8) is 0 Å². The van der Waals surface area contributed by atoms with E-state index in [9.17, 15) is 24.6 Å². The molecular formula is C13H17BCaO9. The Morgan fingerprint density at radius 3 is 1.46 bits per heavy atom. The van der Waals surface area contributed by atoms with Crippen LogP contribution in [0.15, 0.2) is 24.3 Å². The van der Waals surface area contributed by atoms with E-state index in [1.807, 2.05) is 0 Å². The number of carbonyl (C=O) groups excluding carboxylic acids is 3. The number of carboxylic acids is 2. The molecule has 24 heavy (non-hydrogen) atoms. The zero-order chi connectivity index (χ0) is 18.6. The van der Waals surface area contributed by atoms with Crippen LogP contribution in [-0.2, 0) is 9.59 Å². The first-order valence-corrected chi connectivity index (χ1v) is 6.22. The van der Waals surface area contributed by atoms with Crippen molar-refractivity contribution in [2.75, 3.05) is 0 Å². The minimum atomic E-state index is -1.46. The molecule has 1 aromatic carbocycles. The van der Waals surface area contributed by atoms with Crippen LogP contribution in [0.3, 0.4) is 0 Å². The van der Waals surface area contributed by atoms with Gasteiger partial charge >= 0.3 is 44.9 Å². The van der Waals surface area contributed by atoms with Crippen molar-refractivity contribution in [3.05, 3.63) is 29.8 Å². The monoisotopic (exact) mass is 368 g/mol. The SMILES string of the molecule is CC(O)C(=O)[O-].CC(O)C(=O)[O-].O=Cc1ccc(B(O)O)cc1.[Ca+2]. The Morgan fingerprint density at radius 1 is 1.00 bits per heavy atom. The van der Waals surface area contributed by atoms with E-state index in [0.717, 1.165) is 13.8 Å². The van der Waals surface area contributed by atoms with E-state index in [1.54, 1.807) is 0 Å². The van der Waals surface area contributed by atoms with Gasteiger partial charge in [0.15, 0.2) is 0 Å². The van der Waals surface area contributed by atoms with Crippen LogP contribution in [0.2, 0.25) is 0 Å². The first kappa shape index (κ1) is 27.8. The van der Waals surface area contributed by atoms with Gasteiger partial charge in [0, 0.05) is 5.56 Å². The van der Waals surface area contributed by atoms with Gasteiger partial charge in [0.1, 0.15) is 6.29 Å². The Morgan fingerprint density at radius 2 is 1.29 bits per heavy atom. The number of hydrogen-bond donors (Lipinski definition) is 4. The van der Waals surface area contributed by atoms with Crippen LogP contribution in [0.5, 0.6) is 0 Å². The topological polar surface area (TPSA) is 178 Å². The summed E-state index contributed by atoms with van der Waals surface area (Å²) >= 11 is 0.